The Morgan fingerprint density at radius 2 is 1.96 bits per heavy atom. The van der Waals surface area contributed by atoms with E-state index in [1.54, 1.807) is 0 Å². The van der Waals surface area contributed by atoms with Crippen LogP contribution < -0.4 is 0 Å². The van der Waals surface area contributed by atoms with E-state index in [9.17, 15) is 4.79 Å². The summed E-state index contributed by atoms with van der Waals surface area (Å²) in [6.45, 7) is 8.79. The summed E-state index contributed by atoms with van der Waals surface area (Å²) in [7, 11) is 0. The lowest BCUT2D eigenvalue weighted by atomic mass is 9.89. The van der Waals surface area contributed by atoms with Crippen LogP contribution in [0.15, 0.2) is 0 Å². The predicted molar refractivity (Wildman–Crippen MR) is 94.7 cm³/mol. The summed E-state index contributed by atoms with van der Waals surface area (Å²) in [6, 6.07) is 0. The van der Waals surface area contributed by atoms with E-state index in [2.05, 4.69) is 4.57 Å². The van der Waals surface area contributed by atoms with Crippen molar-refractivity contribution in [2.75, 3.05) is 26.4 Å². The van der Waals surface area contributed by atoms with Gasteiger partial charge in [-0.15, -0.1) is 0 Å². The molecule has 0 N–H and O–H groups in total. The molecule has 2 aliphatic rings. The lowest BCUT2D eigenvalue weighted by molar-refractivity contribution is -0.148. The van der Waals surface area contributed by atoms with Crippen molar-refractivity contribution >= 4 is 5.97 Å². The minimum Gasteiger partial charge on any atom is -0.466 e. The number of hydrogen-bond acceptors (Lipinski definition) is 6. The van der Waals surface area contributed by atoms with Crippen LogP contribution in [0.25, 0.3) is 0 Å². The van der Waals surface area contributed by atoms with Gasteiger partial charge in [0, 0.05) is 31.9 Å². The first kappa shape index (κ1) is 19.3. The maximum Gasteiger partial charge on any atom is 0.309 e. The largest absolute Gasteiger partial charge is 0.466 e. The second-order valence-electron chi connectivity index (χ2n) is 6.69. The first-order valence-corrected chi connectivity index (χ1v) is 9.77. The van der Waals surface area contributed by atoms with Gasteiger partial charge < -0.3 is 23.5 Å². The summed E-state index contributed by atoms with van der Waals surface area (Å²) in [5.41, 5.74) is 2.15. The standard InChI is InChI=1S/C19H30N2O5/c1-4-23-18(22)13-7-8-15-16(11-13)21(12-14-9-10-26-14)17(20-15)19(24-5-2)25-6-3/h13-14,19H,4-12H2,1-3H3/t13?,14-/m0/s1. The topological polar surface area (TPSA) is 71.8 Å². The lowest BCUT2D eigenvalue weighted by Crippen LogP contribution is -2.34. The van der Waals surface area contributed by atoms with Gasteiger partial charge in [0.25, 0.3) is 0 Å². The molecule has 1 aliphatic heterocycles. The van der Waals surface area contributed by atoms with Gasteiger partial charge in [0.1, 0.15) is 0 Å². The van der Waals surface area contributed by atoms with Crippen LogP contribution in [0.5, 0.6) is 0 Å². The summed E-state index contributed by atoms with van der Waals surface area (Å²) >= 11 is 0. The molecule has 2 atom stereocenters. The molecule has 1 aromatic rings. The van der Waals surface area contributed by atoms with E-state index in [1.165, 1.54) is 0 Å². The monoisotopic (exact) mass is 366 g/mol. The Bertz CT molecular complexity index is 605. The third kappa shape index (κ3) is 4.10. The van der Waals surface area contributed by atoms with E-state index in [0.29, 0.717) is 26.2 Å². The quantitative estimate of drug-likeness (QED) is 0.494. The fourth-order valence-electron chi connectivity index (χ4n) is 3.61. The molecule has 1 aliphatic carbocycles. The van der Waals surface area contributed by atoms with E-state index in [-0.39, 0.29) is 18.0 Å². The second-order valence-corrected chi connectivity index (χ2v) is 6.69. The molecule has 0 saturated carbocycles. The van der Waals surface area contributed by atoms with Crippen molar-refractivity contribution in [3.05, 3.63) is 17.2 Å². The van der Waals surface area contributed by atoms with Crippen molar-refractivity contribution in [1.29, 1.82) is 0 Å². The maximum atomic E-state index is 12.2. The van der Waals surface area contributed by atoms with Crippen molar-refractivity contribution in [1.82, 2.24) is 9.55 Å². The Labute approximate surface area is 155 Å². The summed E-state index contributed by atoms with van der Waals surface area (Å²) in [5.74, 6) is 0.572. The van der Waals surface area contributed by atoms with E-state index in [0.717, 1.165) is 49.6 Å². The van der Waals surface area contributed by atoms with Crippen LogP contribution in [0.1, 0.15) is 57.1 Å². The minimum absolute atomic E-state index is 0.106. The van der Waals surface area contributed by atoms with Gasteiger partial charge in [-0.05, 0) is 40.0 Å². The number of aromatic nitrogens is 2. The van der Waals surface area contributed by atoms with E-state index in [4.69, 9.17) is 23.9 Å². The number of ether oxygens (including phenoxy) is 4. The molecular weight excluding hydrogens is 336 g/mol. The van der Waals surface area contributed by atoms with Crippen LogP contribution in [-0.2, 0) is 43.1 Å². The molecule has 146 valence electrons. The molecule has 7 nitrogen and oxygen atoms in total. The third-order valence-corrected chi connectivity index (χ3v) is 5.00. The highest BCUT2D eigenvalue weighted by Crippen LogP contribution is 2.32. The summed E-state index contributed by atoms with van der Waals surface area (Å²) in [5, 5.41) is 0. The fourth-order valence-corrected chi connectivity index (χ4v) is 3.61. The highest BCUT2D eigenvalue weighted by molar-refractivity contribution is 5.73. The first-order chi connectivity index (χ1) is 12.7. The smallest absolute Gasteiger partial charge is 0.309 e. The van der Waals surface area contributed by atoms with Gasteiger partial charge in [-0.1, -0.05) is 0 Å². The average molecular weight is 366 g/mol. The van der Waals surface area contributed by atoms with Gasteiger partial charge in [-0.3, -0.25) is 4.79 Å². The molecule has 3 rings (SSSR count). The zero-order valence-corrected chi connectivity index (χ0v) is 16.0. The molecule has 1 fully saturated rings. The van der Waals surface area contributed by atoms with Gasteiger partial charge in [0.2, 0.25) is 6.29 Å². The number of carbonyl (C=O) groups is 1. The van der Waals surface area contributed by atoms with Crippen LogP contribution >= 0.6 is 0 Å². The molecule has 26 heavy (non-hydrogen) atoms. The zero-order chi connectivity index (χ0) is 18.5. The van der Waals surface area contributed by atoms with Crippen molar-refractivity contribution in [2.24, 2.45) is 5.92 Å². The molecule has 7 heteroatoms. The number of esters is 1. The van der Waals surface area contributed by atoms with E-state index < -0.39 is 6.29 Å². The van der Waals surface area contributed by atoms with Crippen molar-refractivity contribution in [2.45, 2.75) is 65.4 Å². The average Bonchev–Trinajstić information content (AvgIpc) is 2.95. The third-order valence-electron chi connectivity index (χ3n) is 5.00. The van der Waals surface area contributed by atoms with Crippen LogP contribution in [0.4, 0.5) is 0 Å². The Morgan fingerprint density at radius 3 is 2.54 bits per heavy atom. The van der Waals surface area contributed by atoms with Crippen molar-refractivity contribution in [3.63, 3.8) is 0 Å². The number of aryl methyl sites for hydroxylation is 1. The highest BCUT2D eigenvalue weighted by Gasteiger charge is 2.34. The molecule has 1 saturated heterocycles. The number of carbonyl (C=O) groups excluding carboxylic acids is 1. The normalized spacial score (nSPS) is 22.2. The SMILES string of the molecule is CCOC(=O)C1CCc2nc(C(OCC)OCC)n(C[C@@H]3CCO3)c2C1. The van der Waals surface area contributed by atoms with Gasteiger partial charge in [-0.25, -0.2) is 4.98 Å². The van der Waals surface area contributed by atoms with Crippen LogP contribution in [0.2, 0.25) is 0 Å². The molecule has 2 heterocycles. The number of hydrogen-bond donors (Lipinski definition) is 0. The lowest BCUT2D eigenvalue weighted by Gasteiger charge is -2.30. The molecule has 0 bridgehead atoms. The molecular formula is C19H30N2O5. The van der Waals surface area contributed by atoms with Gasteiger partial charge in [0.05, 0.1) is 30.9 Å². The molecule has 0 amide bonds. The predicted octanol–water partition coefficient (Wildman–Crippen LogP) is 2.41. The Morgan fingerprint density at radius 1 is 1.23 bits per heavy atom. The first-order valence-electron chi connectivity index (χ1n) is 9.77. The van der Waals surface area contributed by atoms with Gasteiger partial charge in [0.15, 0.2) is 5.82 Å². The van der Waals surface area contributed by atoms with Crippen molar-refractivity contribution < 1.29 is 23.7 Å². The van der Waals surface area contributed by atoms with E-state index in [1.807, 2.05) is 20.8 Å². The van der Waals surface area contributed by atoms with Gasteiger partial charge >= 0.3 is 5.97 Å². The number of fused-ring (bicyclic) bond motifs is 1. The van der Waals surface area contributed by atoms with Crippen LogP contribution in [-0.4, -0.2) is 48.1 Å². The number of nitrogens with zero attached hydrogens (tertiary/aromatic N) is 2. The maximum absolute atomic E-state index is 12.2. The van der Waals surface area contributed by atoms with E-state index >= 15 is 0 Å². The summed E-state index contributed by atoms with van der Waals surface area (Å²) in [6.07, 6.45) is 2.95. The molecule has 0 spiro atoms. The molecule has 0 aromatic carbocycles. The Kier molecular flexibility index (Phi) is 6.67. The fraction of sp³-hybridized carbons (Fsp3) is 0.789. The Hall–Kier alpha value is -1.44. The number of rotatable bonds is 9. The van der Waals surface area contributed by atoms with Gasteiger partial charge in [-0.2, -0.15) is 0 Å². The molecule has 1 aromatic heterocycles. The minimum atomic E-state index is -0.489. The van der Waals surface area contributed by atoms with Crippen molar-refractivity contribution in [3.8, 4) is 0 Å². The molecule has 1 unspecified atom stereocenters. The Balaban J connectivity index is 1.89. The highest BCUT2D eigenvalue weighted by atomic mass is 16.7. The zero-order valence-electron chi connectivity index (χ0n) is 16.0. The molecule has 0 radical (unpaired) electrons. The van der Waals surface area contributed by atoms with Crippen LogP contribution in [0.3, 0.4) is 0 Å². The second kappa shape index (κ2) is 8.97. The van der Waals surface area contributed by atoms with Crippen LogP contribution in [0, 0.1) is 5.92 Å². The number of imidazole rings is 1. The summed E-state index contributed by atoms with van der Waals surface area (Å²) < 4.78 is 24.6. The summed E-state index contributed by atoms with van der Waals surface area (Å²) in [4.78, 5) is 17.1.